The maximum absolute atomic E-state index is 11.3. The first-order valence-corrected chi connectivity index (χ1v) is 8.40. The van der Waals surface area contributed by atoms with Crippen molar-refractivity contribution < 1.29 is 14.6 Å². The van der Waals surface area contributed by atoms with E-state index in [0.29, 0.717) is 12.2 Å². The van der Waals surface area contributed by atoms with Gasteiger partial charge in [-0.2, -0.15) is 0 Å². The lowest BCUT2D eigenvalue weighted by atomic mass is 9.98. The Morgan fingerprint density at radius 1 is 1.50 bits per heavy atom. The first-order chi connectivity index (χ1) is 10.4. The number of carboxylic acids is 1. The highest BCUT2D eigenvalue weighted by Gasteiger charge is 2.30. The molecule has 0 bridgehead atoms. The molecule has 1 heterocycles. The van der Waals surface area contributed by atoms with Crippen LogP contribution in [0.3, 0.4) is 0 Å². The number of rotatable bonds is 4. The van der Waals surface area contributed by atoms with Crippen LogP contribution in [0.4, 0.5) is 0 Å². The maximum Gasteiger partial charge on any atom is 0.344 e. The van der Waals surface area contributed by atoms with E-state index in [0.717, 1.165) is 38.7 Å². The van der Waals surface area contributed by atoms with Crippen LogP contribution in [-0.2, 0) is 11.2 Å². The Kier molecular flexibility index (Phi) is 3.91. The van der Waals surface area contributed by atoms with E-state index in [9.17, 15) is 9.90 Å². The van der Waals surface area contributed by atoms with Crippen LogP contribution in [0, 0.1) is 13.8 Å². The molecular formula is C16H17NO3S2. The van der Waals surface area contributed by atoms with Crippen molar-refractivity contribution in [2.75, 3.05) is 0 Å². The first kappa shape index (κ1) is 15.4. The van der Waals surface area contributed by atoms with E-state index >= 15 is 0 Å². The number of fused-ring (bicyclic) bond motifs is 3. The molecule has 2 aromatic rings. The molecule has 0 amide bonds. The van der Waals surface area contributed by atoms with Crippen molar-refractivity contribution in [1.29, 1.82) is 0 Å². The molecule has 0 saturated carbocycles. The fourth-order valence-corrected chi connectivity index (χ4v) is 4.23. The number of ether oxygens (including phenoxy) is 1. The van der Waals surface area contributed by atoms with Crippen LogP contribution in [0.2, 0.25) is 0 Å². The summed E-state index contributed by atoms with van der Waals surface area (Å²) in [5.41, 5.74) is 5.21. The van der Waals surface area contributed by atoms with Crippen molar-refractivity contribution >= 4 is 29.9 Å². The molecule has 1 aromatic carbocycles. The molecule has 1 unspecified atom stereocenters. The minimum atomic E-state index is -0.931. The molecule has 1 aliphatic carbocycles. The Labute approximate surface area is 138 Å². The summed E-state index contributed by atoms with van der Waals surface area (Å²) < 4.78 is 6.60. The number of carbonyl (C=O) groups is 1. The third-order valence-electron chi connectivity index (χ3n) is 3.93. The lowest BCUT2D eigenvalue weighted by molar-refractivity contribution is -0.145. The Morgan fingerprint density at radius 2 is 2.23 bits per heavy atom. The smallest absolute Gasteiger partial charge is 0.344 e. The second-order valence-electron chi connectivity index (χ2n) is 5.49. The fourth-order valence-electron chi connectivity index (χ4n) is 2.98. The van der Waals surface area contributed by atoms with Crippen LogP contribution in [0.1, 0.15) is 34.9 Å². The number of thiazole rings is 1. The molecule has 0 spiro atoms. The summed E-state index contributed by atoms with van der Waals surface area (Å²) in [6.45, 7) is 5.83. The topological polar surface area (TPSA) is 59.4 Å². The van der Waals surface area contributed by atoms with E-state index in [1.807, 2.05) is 19.9 Å². The second-order valence-corrected chi connectivity index (χ2v) is 7.30. The summed E-state index contributed by atoms with van der Waals surface area (Å²) in [5.74, 6) is -0.236. The number of carboxylic acid groups (broad SMARTS) is 1. The summed E-state index contributed by atoms with van der Waals surface area (Å²) in [5, 5.41) is 9.25. The molecule has 1 aliphatic rings. The van der Waals surface area contributed by atoms with Crippen LogP contribution >= 0.6 is 24.0 Å². The molecular weight excluding hydrogens is 318 g/mol. The monoisotopic (exact) mass is 335 g/mol. The normalized spacial score (nSPS) is 13.6. The van der Waals surface area contributed by atoms with Gasteiger partial charge in [-0.3, -0.25) is 0 Å². The number of nitrogens with zero attached hydrogens (tertiary/aromatic N) is 1. The number of aromatic nitrogens is 1. The van der Waals surface area contributed by atoms with Crippen molar-refractivity contribution in [3.63, 3.8) is 0 Å². The number of aliphatic carboxylic acids is 1. The Bertz CT molecular complexity index is 767. The van der Waals surface area contributed by atoms with Gasteiger partial charge in [0.05, 0.1) is 5.69 Å². The van der Waals surface area contributed by atoms with Crippen LogP contribution in [0.15, 0.2) is 10.4 Å². The molecule has 0 radical (unpaired) electrons. The quantitative estimate of drug-likeness (QED) is 0.711. The van der Waals surface area contributed by atoms with Crippen molar-refractivity contribution in [2.24, 2.45) is 0 Å². The molecule has 0 fully saturated rings. The van der Waals surface area contributed by atoms with Gasteiger partial charge in [-0.25, -0.2) is 9.78 Å². The summed E-state index contributed by atoms with van der Waals surface area (Å²) in [4.78, 5) is 17.0. The highest BCUT2D eigenvalue weighted by molar-refractivity contribution is 7.82. The SMILES string of the molecule is CCC(Oc1c(C)cc(C)c2c1Cc1sc(S)nc1-2)C(=O)O. The van der Waals surface area contributed by atoms with Gasteiger partial charge in [-0.15, -0.1) is 24.0 Å². The van der Waals surface area contributed by atoms with Gasteiger partial charge in [-0.05, 0) is 31.4 Å². The highest BCUT2D eigenvalue weighted by Crippen LogP contribution is 2.47. The van der Waals surface area contributed by atoms with E-state index in [4.69, 9.17) is 4.74 Å². The third-order valence-corrected chi connectivity index (χ3v) is 5.16. The van der Waals surface area contributed by atoms with Gasteiger partial charge in [0.2, 0.25) is 0 Å². The number of aryl methyl sites for hydroxylation is 2. The average molecular weight is 335 g/mol. The largest absolute Gasteiger partial charge is 0.479 e. The number of thiol groups is 1. The molecule has 1 N–H and O–H groups in total. The molecule has 22 heavy (non-hydrogen) atoms. The van der Waals surface area contributed by atoms with Crippen molar-refractivity contribution in [1.82, 2.24) is 4.98 Å². The zero-order valence-corrected chi connectivity index (χ0v) is 14.3. The van der Waals surface area contributed by atoms with E-state index in [1.165, 1.54) is 4.88 Å². The van der Waals surface area contributed by atoms with Crippen molar-refractivity contribution in [3.8, 4) is 17.0 Å². The number of benzene rings is 1. The minimum absolute atomic E-state index is 0.429. The summed E-state index contributed by atoms with van der Waals surface area (Å²) in [7, 11) is 0. The van der Waals surface area contributed by atoms with E-state index < -0.39 is 12.1 Å². The number of hydrogen-bond acceptors (Lipinski definition) is 5. The Hall–Kier alpha value is -1.53. The Morgan fingerprint density at radius 3 is 2.86 bits per heavy atom. The van der Waals surface area contributed by atoms with E-state index in [1.54, 1.807) is 11.3 Å². The third kappa shape index (κ3) is 2.40. The van der Waals surface area contributed by atoms with Gasteiger partial charge in [0.15, 0.2) is 6.10 Å². The van der Waals surface area contributed by atoms with Gasteiger partial charge >= 0.3 is 5.97 Å². The molecule has 4 nitrogen and oxygen atoms in total. The van der Waals surface area contributed by atoms with Gasteiger partial charge in [0.25, 0.3) is 0 Å². The lowest BCUT2D eigenvalue weighted by Gasteiger charge is -2.19. The van der Waals surface area contributed by atoms with Gasteiger partial charge < -0.3 is 9.84 Å². The molecule has 1 aromatic heterocycles. The highest BCUT2D eigenvalue weighted by atomic mass is 32.2. The van der Waals surface area contributed by atoms with Crippen molar-refractivity contribution in [2.45, 2.75) is 44.1 Å². The predicted octanol–water partition coefficient (Wildman–Crippen LogP) is 3.86. The molecule has 3 rings (SSSR count). The second kappa shape index (κ2) is 5.59. The van der Waals surface area contributed by atoms with Crippen LogP contribution < -0.4 is 4.74 Å². The van der Waals surface area contributed by atoms with Crippen LogP contribution in [0.5, 0.6) is 5.75 Å². The maximum atomic E-state index is 11.3. The van der Waals surface area contributed by atoms with Crippen LogP contribution in [0.25, 0.3) is 11.3 Å². The Balaban J connectivity index is 2.11. The van der Waals surface area contributed by atoms with E-state index in [-0.39, 0.29) is 0 Å². The standard InChI is InChI=1S/C16H17NO3S2/c1-4-10(15(18)19)20-14-8(3)5-7(2)12-9(14)6-11-13(12)17-16(21)22-11/h5,10H,4,6H2,1-3H3,(H,17,21)(H,18,19). The molecule has 1 atom stereocenters. The summed E-state index contributed by atoms with van der Waals surface area (Å²) in [6, 6.07) is 2.04. The van der Waals surface area contributed by atoms with Crippen LogP contribution in [-0.4, -0.2) is 22.2 Å². The van der Waals surface area contributed by atoms with Gasteiger partial charge in [-0.1, -0.05) is 13.0 Å². The molecule has 116 valence electrons. The zero-order valence-electron chi connectivity index (χ0n) is 12.6. The fraction of sp³-hybridized carbons (Fsp3) is 0.375. The molecule has 6 heteroatoms. The van der Waals surface area contributed by atoms with Gasteiger partial charge in [0.1, 0.15) is 10.1 Å². The number of hydrogen-bond donors (Lipinski definition) is 2. The first-order valence-electron chi connectivity index (χ1n) is 7.14. The van der Waals surface area contributed by atoms with E-state index in [2.05, 4.69) is 24.5 Å². The minimum Gasteiger partial charge on any atom is -0.479 e. The summed E-state index contributed by atoms with van der Waals surface area (Å²) >= 11 is 5.90. The van der Waals surface area contributed by atoms with Gasteiger partial charge in [0, 0.05) is 22.4 Å². The molecule has 0 aliphatic heterocycles. The summed E-state index contributed by atoms with van der Waals surface area (Å²) in [6.07, 6.45) is 0.340. The predicted molar refractivity (Wildman–Crippen MR) is 89.4 cm³/mol. The lowest BCUT2D eigenvalue weighted by Crippen LogP contribution is -2.26. The average Bonchev–Trinajstić information content (AvgIpc) is 2.93. The molecule has 0 saturated heterocycles. The zero-order chi connectivity index (χ0) is 16.0. The van der Waals surface area contributed by atoms with Crippen molar-refractivity contribution in [3.05, 3.63) is 27.6 Å².